The Hall–Kier alpha value is -0.960. The zero-order chi connectivity index (χ0) is 19.3. The Bertz CT molecular complexity index is 716. The molecule has 1 amide bonds. The zero-order valence-electron chi connectivity index (χ0n) is 15.5. The first-order valence-electron chi connectivity index (χ1n) is 8.88. The highest BCUT2D eigenvalue weighted by Crippen LogP contribution is 2.21. The molecule has 1 unspecified atom stereocenters. The van der Waals surface area contributed by atoms with E-state index in [2.05, 4.69) is 29.8 Å². The van der Waals surface area contributed by atoms with Crippen LogP contribution in [-0.4, -0.2) is 62.4 Å². The molecule has 1 aromatic carbocycles. The van der Waals surface area contributed by atoms with Gasteiger partial charge in [-0.25, -0.2) is 8.42 Å². The summed E-state index contributed by atoms with van der Waals surface area (Å²) in [4.78, 5) is 14.4. The third-order valence-corrected chi connectivity index (χ3v) is 6.78. The first-order valence-corrected chi connectivity index (χ1v) is 11.1. The Labute approximate surface area is 164 Å². The molecule has 0 spiro atoms. The molecule has 0 aliphatic carbocycles. The van der Waals surface area contributed by atoms with Crippen LogP contribution in [0.5, 0.6) is 0 Å². The number of hydrogen-bond donors (Lipinski definition) is 0. The molecule has 1 fully saturated rings. The SMILES string of the molecule is CC(C)CCOC(C)C(=O)N1CCN(S(=O)(=O)c2cccc(Br)c2)CC1. The van der Waals surface area contributed by atoms with Crippen molar-refractivity contribution in [3.63, 3.8) is 0 Å². The first-order chi connectivity index (χ1) is 12.2. The largest absolute Gasteiger partial charge is 0.369 e. The lowest BCUT2D eigenvalue weighted by Gasteiger charge is -2.35. The van der Waals surface area contributed by atoms with Gasteiger partial charge in [-0.2, -0.15) is 4.31 Å². The number of halogens is 1. The minimum atomic E-state index is -3.54. The maximum absolute atomic E-state index is 12.7. The Morgan fingerprint density at radius 2 is 1.85 bits per heavy atom. The highest BCUT2D eigenvalue weighted by molar-refractivity contribution is 9.10. The molecular formula is C18H27BrN2O4S. The van der Waals surface area contributed by atoms with Gasteiger partial charge in [0.05, 0.1) is 4.90 Å². The predicted octanol–water partition coefficient (Wildman–Crippen LogP) is 2.73. The number of piperazine rings is 1. The summed E-state index contributed by atoms with van der Waals surface area (Å²) in [5.41, 5.74) is 0. The van der Waals surface area contributed by atoms with Crippen molar-refractivity contribution in [1.82, 2.24) is 9.21 Å². The van der Waals surface area contributed by atoms with Gasteiger partial charge in [0, 0.05) is 37.3 Å². The van der Waals surface area contributed by atoms with E-state index < -0.39 is 16.1 Å². The van der Waals surface area contributed by atoms with Crippen LogP contribution in [0.25, 0.3) is 0 Å². The molecule has 0 saturated carbocycles. The average Bonchev–Trinajstić information content (AvgIpc) is 2.60. The van der Waals surface area contributed by atoms with Crippen LogP contribution >= 0.6 is 15.9 Å². The summed E-state index contributed by atoms with van der Waals surface area (Å²) in [6, 6.07) is 6.67. The molecule has 8 heteroatoms. The van der Waals surface area contributed by atoms with Gasteiger partial charge >= 0.3 is 0 Å². The van der Waals surface area contributed by atoms with E-state index in [-0.39, 0.29) is 10.8 Å². The highest BCUT2D eigenvalue weighted by Gasteiger charge is 2.31. The number of amides is 1. The highest BCUT2D eigenvalue weighted by atomic mass is 79.9. The van der Waals surface area contributed by atoms with Crippen LogP contribution in [0.3, 0.4) is 0 Å². The van der Waals surface area contributed by atoms with Gasteiger partial charge in [0.1, 0.15) is 6.10 Å². The molecule has 6 nitrogen and oxygen atoms in total. The number of sulfonamides is 1. The van der Waals surface area contributed by atoms with Crippen molar-refractivity contribution in [2.45, 2.75) is 38.2 Å². The molecule has 146 valence electrons. The molecule has 0 bridgehead atoms. The van der Waals surface area contributed by atoms with Crippen LogP contribution in [0.1, 0.15) is 27.2 Å². The lowest BCUT2D eigenvalue weighted by molar-refractivity contribution is -0.144. The van der Waals surface area contributed by atoms with E-state index >= 15 is 0 Å². The van der Waals surface area contributed by atoms with Crippen molar-refractivity contribution in [2.75, 3.05) is 32.8 Å². The van der Waals surface area contributed by atoms with Crippen LogP contribution < -0.4 is 0 Å². The van der Waals surface area contributed by atoms with Gasteiger partial charge in [-0.15, -0.1) is 0 Å². The molecule has 1 atom stereocenters. The second-order valence-electron chi connectivity index (χ2n) is 6.88. The van der Waals surface area contributed by atoms with Gasteiger partial charge in [-0.05, 0) is 37.5 Å². The molecule has 1 aromatic rings. The Morgan fingerprint density at radius 1 is 1.19 bits per heavy atom. The second kappa shape index (κ2) is 9.30. The Morgan fingerprint density at radius 3 is 2.42 bits per heavy atom. The summed E-state index contributed by atoms with van der Waals surface area (Å²) in [5.74, 6) is 0.456. The molecule has 26 heavy (non-hydrogen) atoms. The van der Waals surface area contributed by atoms with Gasteiger partial charge in [-0.3, -0.25) is 4.79 Å². The summed E-state index contributed by atoms with van der Waals surface area (Å²) >= 11 is 3.30. The number of benzene rings is 1. The van der Waals surface area contributed by atoms with Crippen molar-refractivity contribution in [1.29, 1.82) is 0 Å². The van der Waals surface area contributed by atoms with E-state index in [1.807, 2.05) is 0 Å². The number of hydrogen-bond acceptors (Lipinski definition) is 4. The van der Waals surface area contributed by atoms with E-state index in [0.29, 0.717) is 38.7 Å². The summed E-state index contributed by atoms with van der Waals surface area (Å²) in [6.45, 7) is 7.88. The molecule has 0 aromatic heterocycles. The minimum absolute atomic E-state index is 0.0757. The topological polar surface area (TPSA) is 66.9 Å². The molecule has 2 rings (SSSR count). The Balaban J connectivity index is 1.91. The number of rotatable bonds is 7. The molecule has 1 heterocycles. The monoisotopic (exact) mass is 446 g/mol. The smallest absolute Gasteiger partial charge is 0.251 e. The van der Waals surface area contributed by atoms with Gasteiger partial charge < -0.3 is 9.64 Å². The summed E-state index contributed by atoms with van der Waals surface area (Å²) in [6.07, 6.45) is 0.415. The molecule has 0 radical (unpaired) electrons. The fraction of sp³-hybridized carbons (Fsp3) is 0.611. The van der Waals surface area contributed by atoms with E-state index in [4.69, 9.17) is 4.74 Å². The first kappa shape index (κ1) is 21.3. The molecule has 0 N–H and O–H groups in total. The van der Waals surface area contributed by atoms with Crippen molar-refractivity contribution in [3.8, 4) is 0 Å². The Kier molecular flexibility index (Phi) is 7.63. The van der Waals surface area contributed by atoms with Crippen LogP contribution in [0.2, 0.25) is 0 Å². The van der Waals surface area contributed by atoms with E-state index in [1.54, 1.807) is 36.1 Å². The van der Waals surface area contributed by atoms with Crippen LogP contribution in [-0.2, 0) is 19.6 Å². The van der Waals surface area contributed by atoms with Crippen LogP contribution in [0.4, 0.5) is 0 Å². The zero-order valence-corrected chi connectivity index (χ0v) is 17.9. The summed E-state index contributed by atoms with van der Waals surface area (Å²) in [5, 5.41) is 0. The molecule has 1 aliphatic heterocycles. The van der Waals surface area contributed by atoms with E-state index in [1.165, 1.54) is 4.31 Å². The predicted molar refractivity (Wildman–Crippen MR) is 104 cm³/mol. The van der Waals surface area contributed by atoms with Crippen molar-refractivity contribution in [3.05, 3.63) is 28.7 Å². The summed E-state index contributed by atoms with van der Waals surface area (Å²) < 4.78 is 33.2. The lowest BCUT2D eigenvalue weighted by Crippen LogP contribution is -2.52. The standard InChI is InChI=1S/C18H27BrN2O4S/c1-14(2)7-12-25-15(3)18(22)20-8-10-21(11-9-20)26(23,24)17-6-4-5-16(19)13-17/h4-6,13-15H,7-12H2,1-3H3. The van der Waals surface area contributed by atoms with E-state index in [0.717, 1.165) is 10.9 Å². The summed E-state index contributed by atoms with van der Waals surface area (Å²) in [7, 11) is -3.54. The normalized spacial score (nSPS) is 17.5. The number of carbonyl (C=O) groups is 1. The second-order valence-corrected chi connectivity index (χ2v) is 9.74. The quantitative estimate of drug-likeness (QED) is 0.645. The van der Waals surface area contributed by atoms with Crippen molar-refractivity contribution < 1.29 is 17.9 Å². The van der Waals surface area contributed by atoms with Crippen molar-refractivity contribution in [2.24, 2.45) is 5.92 Å². The van der Waals surface area contributed by atoms with Crippen molar-refractivity contribution >= 4 is 31.9 Å². The van der Waals surface area contributed by atoms with Crippen LogP contribution in [0, 0.1) is 5.92 Å². The number of nitrogens with zero attached hydrogens (tertiary/aromatic N) is 2. The fourth-order valence-electron chi connectivity index (χ4n) is 2.73. The van der Waals surface area contributed by atoms with Gasteiger partial charge in [0.25, 0.3) is 5.91 Å². The van der Waals surface area contributed by atoms with Gasteiger partial charge in [0.2, 0.25) is 10.0 Å². The van der Waals surface area contributed by atoms with Gasteiger partial charge in [-0.1, -0.05) is 35.8 Å². The third kappa shape index (κ3) is 5.52. The molecule has 1 saturated heterocycles. The van der Waals surface area contributed by atoms with Crippen LogP contribution in [0.15, 0.2) is 33.6 Å². The minimum Gasteiger partial charge on any atom is -0.369 e. The molecular weight excluding hydrogens is 420 g/mol. The van der Waals surface area contributed by atoms with E-state index in [9.17, 15) is 13.2 Å². The third-order valence-electron chi connectivity index (χ3n) is 4.39. The van der Waals surface area contributed by atoms with Gasteiger partial charge in [0.15, 0.2) is 0 Å². The maximum atomic E-state index is 12.7. The number of carbonyl (C=O) groups excluding carboxylic acids is 1. The fourth-order valence-corrected chi connectivity index (χ4v) is 4.75. The lowest BCUT2D eigenvalue weighted by atomic mass is 10.1. The number of ether oxygens (including phenoxy) is 1. The average molecular weight is 447 g/mol. The maximum Gasteiger partial charge on any atom is 0.251 e. The molecule has 1 aliphatic rings.